The molecule has 0 radical (unpaired) electrons. The maximum atomic E-state index is 12.7. The fraction of sp³-hybridized carbons (Fsp3) is 0.333. The zero-order valence-corrected chi connectivity index (χ0v) is 12.6. The highest BCUT2D eigenvalue weighted by Crippen LogP contribution is 2.52. The van der Waals surface area contributed by atoms with E-state index in [0.717, 1.165) is 0 Å². The van der Waals surface area contributed by atoms with Gasteiger partial charge in [0.2, 0.25) is 11.8 Å². The fourth-order valence-electron chi connectivity index (χ4n) is 3.58. The van der Waals surface area contributed by atoms with Crippen LogP contribution in [0.4, 0.5) is 5.69 Å². The van der Waals surface area contributed by atoms with Crippen LogP contribution < -0.4 is 4.90 Å². The molecule has 4 nitrogen and oxygen atoms in total. The lowest BCUT2D eigenvalue weighted by atomic mass is 9.78. The Kier molecular flexibility index (Phi) is 2.60. The summed E-state index contributed by atoms with van der Waals surface area (Å²) >= 11 is 11.9. The van der Waals surface area contributed by atoms with Gasteiger partial charge in [0.05, 0.1) is 29.2 Å². The summed E-state index contributed by atoms with van der Waals surface area (Å²) in [5, 5.41) is 0.775. The van der Waals surface area contributed by atoms with E-state index in [1.54, 1.807) is 18.2 Å². The SMILES string of the molecule is CC12C=CC(O1)C1C(=O)N(c3cc(Cl)cc(Cl)c3)C(=O)C12. The lowest BCUT2D eigenvalue weighted by Gasteiger charge is -2.24. The van der Waals surface area contributed by atoms with E-state index in [2.05, 4.69) is 0 Å². The predicted molar refractivity (Wildman–Crippen MR) is 78.4 cm³/mol. The largest absolute Gasteiger partial charge is 0.362 e. The molecular weight excluding hydrogens is 313 g/mol. The Bertz CT molecular complexity index is 697. The molecule has 3 heterocycles. The summed E-state index contributed by atoms with van der Waals surface area (Å²) in [6.45, 7) is 1.84. The summed E-state index contributed by atoms with van der Waals surface area (Å²) < 4.78 is 5.77. The molecule has 0 spiro atoms. The van der Waals surface area contributed by atoms with Crippen molar-refractivity contribution in [3.8, 4) is 0 Å². The molecule has 21 heavy (non-hydrogen) atoms. The summed E-state index contributed by atoms with van der Waals surface area (Å²) in [5.41, 5.74) is -0.279. The third kappa shape index (κ3) is 1.67. The minimum absolute atomic E-state index is 0.249. The van der Waals surface area contributed by atoms with Crippen molar-refractivity contribution in [1.29, 1.82) is 0 Å². The Morgan fingerprint density at radius 3 is 2.43 bits per heavy atom. The predicted octanol–water partition coefficient (Wildman–Crippen LogP) is 2.83. The average molecular weight is 324 g/mol. The van der Waals surface area contributed by atoms with Gasteiger partial charge in [-0.15, -0.1) is 0 Å². The quantitative estimate of drug-likeness (QED) is 0.589. The highest BCUT2D eigenvalue weighted by molar-refractivity contribution is 6.35. The molecule has 0 saturated carbocycles. The highest BCUT2D eigenvalue weighted by Gasteiger charge is 2.66. The van der Waals surface area contributed by atoms with E-state index in [4.69, 9.17) is 27.9 Å². The lowest BCUT2D eigenvalue weighted by Crippen LogP contribution is -2.38. The van der Waals surface area contributed by atoms with Gasteiger partial charge in [-0.3, -0.25) is 9.59 Å². The molecule has 3 aliphatic rings. The van der Waals surface area contributed by atoms with Crippen LogP contribution >= 0.6 is 23.2 Å². The molecule has 0 aliphatic carbocycles. The van der Waals surface area contributed by atoms with E-state index < -0.39 is 17.4 Å². The minimum Gasteiger partial charge on any atom is -0.362 e. The van der Waals surface area contributed by atoms with Crippen LogP contribution in [0.1, 0.15) is 6.92 Å². The van der Waals surface area contributed by atoms with E-state index in [1.165, 1.54) is 4.90 Å². The fourth-order valence-corrected chi connectivity index (χ4v) is 4.09. The standard InChI is InChI=1S/C15H11Cl2NO3/c1-15-3-2-10(21-15)11-12(15)14(20)18(13(11)19)9-5-7(16)4-8(17)6-9/h2-6,10-12H,1H3. The Morgan fingerprint density at radius 1 is 1.14 bits per heavy atom. The summed E-state index contributed by atoms with van der Waals surface area (Å²) in [6, 6.07) is 4.71. The van der Waals surface area contributed by atoms with Gasteiger partial charge in [-0.2, -0.15) is 0 Å². The van der Waals surface area contributed by atoms with Crippen molar-refractivity contribution in [3.05, 3.63) is 40.4 Å². The summed E-state index contributed by atoms with van der Waals surface area (Å²) in [6.07, 6.45) is 3.41. The van der Waals surface area contributed by atoms with Crippen LogP contribution in [-0.2, 0) is 14.3 Å². The van der Waals surface area contributed by atoms with Gasteiger partial charge < -0.3 is 4.74 Å². The van der Waals surface area contributed by atoms with Crippen LogP contribution in [-0.4, -0.2) is 23.5 Å². The van der Waals surface area contributed by atoms with Gasteiger partial charge in [-0.1, -0.05) is 35.4 Å². The van der Waals surface area contributed by atoms with Crippen molar-refractivity contribution in [2.75, 3.05) is 4.90 Å². The number of benzene rings is 1. The molecule has 2 fully saturated rings. The third-order valence-corrected chi connectivity index (χ3v) is 4.87. The van der Waals surface area contributed by atoms with Crippen molar-refractivity contribution < 1.29 is 14.3 Å². The normalized spacial score (nSPS) is 36.7. The molecule has 108 valence electrons. The Hall–Kier alpha value is -1.36. The molecule has 4 rings (SSSR count). The molecule has 6 heteroatoms. The second-order valence-electron chi connectivity index (χ2n) is 5.77. The maximum Gasteiger partial charge on any atom is 0.241 e. The van der Waals surface area contributed by atoms with Gasteiger partial charge in [0.1, 0.15) is 0 Å². The molecule has 2 bridgehead atoms. The second-order valence-corrected chi connectivity index (χ2v) is 6.64. The number of halogens is 2. The average Bonchev–Trinajstić information content (AvgIpc) is 2.98. The molecule has 0 aromatic heterocycles. The topological polar surface area (TPSA) is 46.6 Å². The monoisotopic (exact) mass is 323 g/mol. The van der Waals surface area contributed by atoms with Crippen LogP contribution in [0, 0.1) is 11.8 Å². The van der Waals surface area contributed by atoms with Gasteiger partial charge >= 0.3 is 0 Å². The first-order valence-corrected chi connectivity index (χ1v) is 7.37. The van der Waals surface area contributed by atoms with Crippen LogP contribution in [0.5, 0.6) is 0 Å². The van der Waals surface area contributed by atoms with Crippen molar-refractivity contribution in [2.45, 2.75) is 18.6 Å². The van der Waals surface area contributed by atoms with E-state index in [0.29, 0.717) is 15.7 Å². The van der Waals surface area contributed by atoms with E-state index in [9.17, 15) is 9.59 Å². The number of hydrogen-bond acceptors (Lipinski definition) is 3. The number of fused-ring (bicyclic) bond motifs is 5. The van der Waals surface area contributed by atoms with Crippen molar-refractivity contribution >= 4 is 40.7 Å². The number of anilines is 1. The Labute approximate surface area is 131 Å². The summed E-state index contributed by atoms with van der Waals surface area (Å²) in [7, 11) is 0. The number of imide groups is 1. The van der Waals surface area contributed by atoms with Crippen LogP contribution in [0.2, 0.25) is 10.0 Å². The van der Waals surface area contributed by atoms with Crippen LogP contribution in [0.15, 0.2) is 30.4 Å². The molecular formula is C15H11Cl2NO3. The van der Waals surface area contributed by atoms with Crippen molar-refractivity contribution in [1.82, 2.24) is 0 Å². The first-order chi connectivity index (χ1) is 9.90. The van der Waals surface area contributed by atoms with Gasteiger partial charge in [-0.05, 0) is 25.1 Å². The van der Waals surface area contributed by atoms with Gasteiger partial charge in [0, 0.05) is 10.0 Å². The molecule has 3 aliphatic heterocycles. The molecule has 0 N–H and O–H groups in total. The number of nitrogens with zero attached hydrogens (tertiary/aromatic N) is 1. The zero-order valence-electron chi connectivity index (χ0n) is 11.0. The lowest BCUT2D eigenvalue weighted by molar-refractivity contribution is -0.126. The van der Waals surface area contributed by atoms with E-state index >= 15 is 0 Å². The molecule has 4 atom stereocenters. The number of carbonyl (C=O) groups is 2. The first kappa shape index (κ1) is 13.3. The van der Waals surface area contributed by atoms with Crippen LogP contribution in [0.25, 0.3) is 0 Å². The number of hydrogen-bond donors (Lipinski definition) is 0. The minimum atomic E-state index is -0.695. The smallest absolute Gasteiger partial charge is 0.241 e. The number of amides is 2. The Morgan fingerprint density at radius 2 is 1.81 bits per heavy atom. The third-order valence-electron chi connectivity index (χ3n) is 4.43. The Balaban J connectivity index is 1.80. The molecule has 1 aromatic carbocycles. The van der Waals surface area contributed by atoms with Crippen LogP contribution in [0.3, 0.4) is 0 Å². The number of carbonyl (C=O) groups excluding carboxylic acids is 2. The highest BCUT2D eigenvalue weighted by atomic mass is 35.5. The zero-order chi connectivity index (χ0) is 14.9. The van der Waals surface area contributed by atoms with Gasteiger partial charge in [-0.25, -0.2) is 4.90 Å². The summed E-state index contributed by atoms with van der Waals surface area (Å²) in [5.74, 6) is -1.43. The maximum absolute atomic E-state index is 12.7. The summed E-state index contributed by atoms with van der Waals surface area (Å²) in [4.78, 5) is 26.6. The molecule has 1 aromatic rings. The number of ether oxygens (including phenoxy) is 1. The van der Waals surface area contributed by atoms with Gasteiger partial charge in [0.15, 0.2) is 0 Å². The van der Waals surface area contributed by atoms with E-state index in [-0.39, 0.29) is 17.9 Å². The second kappa shape index (κ2) is 4.09. The molecule has 2 saturated heterocycles. The van der Waals surface area contributed by atoms with Crippen molar-refractivity contribution in [3.63, 3.8) is 0 Å². The first-order valence-electron chi connectivity index (χ1n) is 6.62. The van der Waals surface area contributed by atoms with Crippen molar-refractivity contribution in [2.24, 2.45) is 11.8 Å². The molecule has 2 amide bonds. The van der Waals surface area contributed by atoms with E-state index in [1.807, 2.05) is 19.1 Å². The molecule has 4 unspecified atom stereocenters. The van der Waals surface area contributed by atoms with Gasteiger partial charge in [0.25, 0.3) is 0 Å². The number of rotatable bonds is 1.